The van der Waals surface area contributed by atoms with Gasteiger partial charge in [-0.25, -0.2) is 8.42 Å². The van der Waals surface area contributed by atoms with Gasteiger partial charge in [0.2, 0.25) is 5.91 Å². The molecule has 0 aliphatic rings. The molecular weight excluding hydrogens is 344 g/mol. The van der Waals surface area contributed by atoms with Crippen LogP contribution in [0.2, 0.25) is 0 Å². The summed E-state index contributed by atoms with van der Waals surface area (Å²) in [6.45, 7) is 2.29. The maximum absolute atomic E-state index is 12.3. The predicted molar refractivity (Wildman–Crippen MR) is 94.6 cm³/mol. The Bertz CT molecular complexity index is 800. The van der Waals surface area contributed by atoms with Crippen LogP contribution in [0, 0.1) is 6.92 Å². The highest BCUT2D eigenvalue weighted by atomic mass is 32.2. The second-order valence-corrected chi connectivity index (χ2v) is 7.28. The monoisotopic (exact) mass is 366 g/mol. The highest BCUT2D eigenvalue weighted by Gasteiger charge is 2.16. The first kappa shape index (κ1) is 18.9. The van der Waals surface area contributed by atoms with Crippen LogP contribution < -0.4 is 15.8 Å². The number of anilines is 2. The van der Waals surface area contributed by atoms with Crippen molar-refractivity contribution in [3.05, 3.63) is 36.1 Å². The Morgan fingerprint density at radius 2 is 1.92 bits per heavy atom. The maximum Gasteiger partial charge on any atom is 0.263 e. The van der Waals surface area contributed by atoms with Gasteiger partial charge in [-0.2, -0.15) is 0 Å². The molecule has 0 spiro atoms. The number of rotatable bonds is 9. The number of aromatic nitrogens is 1. The topological polar surface area (TPSA) is 127 Å². The van der Waals surface area contributed by atoms with E-state index in [1.807, 2.05) is 0 Å². The molecule has 0 unspecified atom stereocenters. The minimum Gasteiger partial charge on any atom is -0.360 e. The van der Waals surface area contributed by atoms with Crippen LogP contribution in [0.15, 0.2) is 39.8 Å². The van der Waals surface area contributed by atoms with Crippen LogP contribution in [0.3, 0.4) is 0 Å². The minimum absolute atomic E-state index is 0.0640. The fourth-order valence-electron chi connectivity index (χ4n) is 2.16. The number of sulfonamides is 1. The fraction of sp³-hybridized carbons (Fsp3) is 0.375. The van der Waals surface area contributed by atoms with Crippen molar-refractivity contribution < 1.29 is 17.7 Å². The van der Waals surface area contributed by atoms with E-state index in [0.717, 1.165) is 19.3 Å². The van der Waals surface area contributed by atoms with Gasteiger partial charge < -0.3 is 15.6 Å². The SMILES string of the molecule is Cc1cc(NS(=O)(=O)c2ccc(NC(=O)CCCCCN)cc2)no1. The first-order valence-corrected chi connectivity index (χ1v) is 9.45. The summed E-state index contributed by atoms with van der Waals surface area (Å²) in [5.41, 5.74) is 5.95. The highest BCUT2D eigenvalue weighted by molar-refractivity contribution is 7.92. The molecule has 0 saturated carbocycles. The molecule has 1 aromatic carbocycles. The van der Waals surface area contributed by atoms with E-state index >= 15 is 0 Å². The number of carbonyl (C=O) groups excluding carboxylic acids is 1. The van der Waals surface area contributed by atoms with Crippen molar-refractivity contribution in [3.63, 3.8) is 0 Å². The van der Waals surface area contributed by atoms with E-state index in [1.165, 1.54) is 18.2 Å². The summed E-state index contributed by atoms with van der Waals surface area (Å²) < 4.78 is 31.7. The molecule has 0 bridgehead atoms. The largest absolute Gasteiger partial charge is 0.360 e. The second kappa shape index (κ2) is 8.63. The third-order valence-electron chi connectivity index (χ3n) is 3.42. The Morgan fingerprint density at radius 1 is 1.20 bits per heavy atom. The molecule has 2 rings (SSSR count). The van der Waals surface area contributed by atoms with Crippen molar-refractivity contribution in [2.45, 2.75) is 37.5 Å². The van der Waals surface area contributed by atoms with Crippen molar-refractivity contribution in [2.75, 3.05) is 16.6 Å². The van der Waals surface area contributed by atoms with Crippen molar-refractivity contribution in [3.8, 4) is 0 Å². The average molecular weight is 366 g/mol. The Labute approximate surface area is 146 Å². The number of hydrogen-bond acceptors (Lipinski definition) is 6. The Morgan fingerprint density at radius 3 is 2.52 bits per heavy atom. The maximum atomic E-state index is 12.3. The highest BCUT2D eigenvalue weighted by Crippen LogP contribution is 2.18. The van der Waals surface area contributed by atoms with Gasteiger partial charge in [0.1, 0.15) is 5.76 Å². The summed E-state index contributed by atoms with van der Waals surface area (Å²) in [5, 5.41) is 6.33. The molecule has 0 atom stereocenters. The van der Waals surface area contributed by atoms with Crippen LogP contribution in [-0.2, 0) is 14.8 Å². The third-order valence-corrected chi connectivity index (χ3v) is 4.79. The fourth-order valence-corrected chi connectivity index (χ4v) is 3.14. The van der Waals surface area contributed by atoms with E-state index < -0.39 is 10.0 Å². The number of nitrogens with one attached hydrogen (secondary N) is 2. The first-order chi connectivity index (χ1) is 11.9. The van der Waals surface area contributed by atoms with Crippen LogP contribution in [0.25, 0.3) is 0 Å². The molecule has 1 aromatic heterocycles. The van der Waals surface area contributed by atoms with Crippen LogP contribution in [0.5, 0.6) is 0 Å². The zero-order chi connectivity index (χ0) is 18.3. The molecule has 136 valence electrons. The molecule has 1 amide bonds. The van der Waals surface area contributed by atoms with Gasteiger partial charge in [0.05, 0.1) is 4.90 Å². The second-order valence-electron chi connectivity index (χ2n) is 5.60. The van der Waals surface area contributed by atoms with Crippen molar-refractivity contribution >= 4 is 27.4 Å². The lowest BCUT2D eigenvalue weighted by Crippen LogP contribution is -2.14. The van der Waals surface area contributed by atoms with Crippen LogP contribution >= 0.6 is 0 Å². The van der Waals surface area contributed by atoms with Gasteiger partial charge in [0.25, 0.3) is 10.0 Å². The quantitative estimate of drug-likeness (QED) is 0.584. The van der Waals surface area contributed by atoms with Gasteiger partial charge in [-0.05, 0) is 50.6 Å². The van der Waals surface area contributed by atoms with E-state index in [4.69, 9.17) is 10.3 Å². The molecule has 8 nitrogen and oxygen atoms in total. The summed E-state index contributed by atoms with van der Waals surface area (Å²) in [6, 6.07) is 7.40. The van der Waals surface area contributed by atoms with E-state index in [2.05, 4.69) is 15.2 Å². The van der Waals surface area contributed by atoms with E-state index in [1.54, 1.807) is 19.1 Å². The minimum atomic E-state index is -3.76. The molecular formula is C16H22N4O4S. The molecule has 2 aromatic rings. The third kappa shape index (κ3) is 5.87. The molecule has 4 N–H and O–H groups in total. The Balaban J connectivity index is 1.93. The van der Waals surface area contributed by atoms with Gasteiger partial charge in [-0.3, -0.25) is 9.52 Å². The Hall–Kier alpha value is -2.39. The number of amides is 1. The number of unbranched alkanes of at least 4 members (excludes halogenated alkanes) is 2. The summed E-state index contributed by atoms with van der Waals surface area (Å²) in [4.78, 5) is 11.9. The van der Waals surface area contributed by atoms with E-state index in [-0.39, 0.29) is 16.6 Å². The van der Waals surface area contributed by atoms with Crippen LogP contribution in [-0.4, -0.2) is 26.0 Å². The lowest BCUT2D eigenvalue weighted by atomic mass is 10.2. The molecule has 0 saturated heterocycles. The number of nitrogens with zero attached hydrogens (tertiary/aromatic N) is 1. The summed E-state index contributed by atoms with van der Waals surface area (Å²) in [7, 11) is -3.76. The summed E-state index contributed by atoms with van der Waals surface area (Å²) in [6.07, 6.45) is 3.00. The number of carbonyl (C=O) groups is 1. The molecule has 0 fully saturated rings. The number of benzene rings is 1. The Kier molecular flexibility index (Phi) is 6.54. The molecule has 25 heavy (non-hydrogen) atoms. The molecule has 9 heteroatoms. The average Bonchev–Trinajstić information content (AvgIpc) is 2.96. The summed E-state index contributed by atoms with van der Waals surface area (Å²) in [5.74, 6) is 0.512. The molecule has 1 heterocycles. The number of nitrogens with two attached hydrogens (primary N) is 1. The lowest BCUT2D eigenvalue weighted by Gasteiger charge is -2.08. The molecule has 0 radical (unpaired) electrons. The van der Waals surface area contributed by atoms with Crippen molar-refractivity contribution in [1.29, 1.82) is 0 Å². The molecule has 0 aliphatic heterocycles. The van der Waals surface area contributed by atoms with Crippen molar-refractivity contribution in [1.82, 2.24) is 5.16 Å². The van der Waals surface area contributed by atoms with Gasteiger partial charge in [-0.15, -0.1) is 0 Å². The molecule has 0 aliphatic carbocycles. The normalized spacial score (nSPS) is 11.3. The van der Waals surface area contributed by atoms with Gasteiger partial charge in [0, 0.05) is 18.2 Å². The van der Waals surface area contributed by atoms with Crippen LogP contribution in [0.1, 0.15) is 31.4 Å². The number of aryl methyl sites for hydroxylation is 1. The number of hydrogen-bond donors (Lipinski definition) is 3. The first-order valence-electron chi connectivity index (χ1n) is 7.97. The smallest absolute Gasteiger partial charge is 0.263 e. The van der Waals surface area contributed by atoms with Gasteiger partial charge in [-0.1, -0.05) is 11.6 Å². The predicted octanol–water partition coefficient (Wildman–Crippen LogP) is 2.24. The summed E-state index contributed by atoms with van der Waals surface area (Å²) >= 11 is 0. The van der Waals surface area contributed by atoms with Crippen molar-refractivity contribution in [2.24, 2.45) is 5.73 Å². The van der Waals surface area contributed by atoms with E-state index in [9.17, 15) is 13.2 Å². The van der Waals surface area contributed by atoms with E-state index in [0.29, 0.717) is 24.4 Å². The lowest BCUT2D eigenvalue weighted by molar-refractivity contribution is -0.116. The zero-order valence-electron chi connectivity index (χ0n) is 14.0. The van der Waals surface area contributed by atoms with Gasteiger partial charge in [0.15, 0.2) is 5.82 Å². The standard InChI is InChI=1S/C16H22N4O4S/c1-12-11-15(19-24-12)20-25(22,23)14-8-6-13(7-9-14)18-16(21)5-3-2-4-10-17/h6-9,11H,2-5,10,17H2,1H3,(H,18,21)(H,19,20). The van der Waals surface area contributed by atoms with Gasteiger partial charge >= 0.3 is 0 Å². The zero-order valence-corrected chi connectivity index (χ0v) is 14.8. The van der Waals surface area contributed by atoms with Crippen LogP contribution in [0.4, 0.5) is 11.5 Å².